The van der Waals surface area contributed by atoms with Gasteiger partial charge in [-0.25, -0.2) is 0 Å². The van der Waals surface area contributed by atoms with Gasteiger partial charge in [-0.3, -0.25) is 9.59 Å². The van der Waals surface area contributed by atoms with Crippen molar-refractivity contribution in [2.75, 3.05) is 19.0 Å². The molecule has 0 fully saturated rings. The molecule has 1 unspecified atom stereocenters. The smallest absolute Gasteiger partial charge is 0.305 e. The Labute approximate surface area is 151 Å². The van der Waals surface area contributed by atoms with Crippen LogP contribution in [0.4, 0.5) is 5.69 Å². The first-order valence-corrected chi connectivity index (χ1v) is 8.23. The number of hydrogen-bond acceptors (Lipinski definition) is 5. The predicted molar refractivity (Wildman–Crippen MR) is 94.9 cm³/mol. The van der Waals surface area contributed by atoms with E-state index in [1.807, 2.05) is 18.2 Å². The number of hydrogen-bond donors (Lipinski definition) is 1. The van der Waals surface area contributed by atoms with Gasteiger partial charge in [0.1, 0.15) is 5.75 Å². The van der Waals surface area contributed by atoms with Crippen LogP contribution in [-0.4, -0.2) is 25.6 Å². The maximum absolute atomic E-state index is 12.3. The number of carbonyl (C=O) groups is 2. The van der Waals surface area contributed by atoms with E-state index in [1.165, 1.54) is 7.11 Å². The lowest BCUT2D eigenvalue weighted by Gasteiger charge is -2.25. The van der Waals surface area contributed by atoms with E-state index in [9.17, 15) is 9.59 Å². The fourth-order valence-corrected chi connectivity index (χ4v) is 2.88. The largest absolute Gasteiger partial charge is 0.493 e. The summed E-state index contributed by atoms with van der Waals surface area (Å²) in [5.74, 6) is 0.312. The van der Waals surface area contributed by atoms with Crippen LogP contribution in [0.5, 0.6) is 5.75 Å². The van der Waals surface area contributed by atoms with Crippen LogP contribution in [-0.2, 0) is 16.0 Å². The molecule has 0 aliphatic carbocycles. The van der Waals surface area contributed by atoms with Crippen LogP contribution in [0.2, 0.25) is 0 Å². The Kier molecular flexibility index (Phi) is 5.18. The molecule has 1 atom stereocenters. The van der Waals surface area contributed by atoms with E-state index < -0.39 is 0 Å². The van der Waals surface area contributed by atoms with Crippen molar-refractivity contribution in [1.82, 2.24) is 0 Å². The molecule has 1 aliphatic rings. The van der Waals surface area contributed by atoms with Gasteiger partial charge in [0.2, 0.25) is 0 Å². The van der Waals surface area contributed by atoms with Gasteiger partial charge >= 0.3 is 5.97 Å². The number of rotatable bonds is 4. The number of fused-ring (bicyclic) bond motifs is 1. The summed E-state index contributed by atoms with van der Waals surface area (Å²) < 4.78 is 10.4. The quantitative estimate of drug-likeness (QED) is 0.857. The number of esters is 1. The van der Waals surface area contributed by atoms with E-state index in [-0.39, 0.29) is 17.8 Å². The molecule has 2 aromatic carbocycles. The number of nitrogens with zero attached hydrogens (tertiary/aromatic N) is 1. The van der Waals surface area contributed by atoms with Crippen LogP contribution < -0.4 is 10.1 Å². The zero-order chi connectivity index (χ0) is 18.5. The van der Waals surface area contributed by atoms with Crippen molar-refractivity contribution in [2.45, 2.75) is 12.8 Å². The lowest BCUT2D eigenvalue weighted by atomic mass is 9.94. The average molecular weight is 350 g/mol. The maximum Gasteiger partial charge on any atom is 0.305 e. The first-order valence-electron chi connectivity index (χ1n) is 8.23. The van der Waals surface area contributed by atoms with Crippen LogP contribution >= 0.6 is 0 Å². The Morgan fingerprint density at radius 1 is 1.27 bits per heavy atom. The number of anilines is 1. The topological polar surface area (TPSA) is 88.4 Å². The molecule has 6 nitrogen and oxygen atoms in total. The monoisotopic (exact) mass is 350 g/mol. The van der Waals surface area contributed by atoms with Gasteiger partial charge in [0, 0.05) is 17.2 Å². The number of nitrogens with one attached hydrogen (secondary N) is 1. The van der Waals surface area contributed by atoms with Crippen molar-refractivity contribution in [3.63, 3.8) is 0 Å². The highest BCUT2D eigenvalue weighted by Gasteiger charge is 2.23. The predicted octanol–water partition coefficient (Wildman–Crippen LogP) is 2.92. The molecule has 0 bridgehead atoms. The Morgan fingerprint density at radius 3 is 2.73 bits per heavy atom. The molecule has 0 radical (unpaired) electrons. The normalized spacial score (nSPS) is 15.2. The van der Waals surface area contributed by atoms with Gasteiger partial charge in [-0.2, -0.15) is 5.26 Å². The fourth-order valence-electron chi connectivity index (χ4n) is 2.88. The number of amides is 1. The van der Waals surface area contributed by atoms with E-state index in [4.69, 9.17) is 14.7 Å². The first kappa shape index (κ1) is 17.5. The summed E-state index contributed by atoms with van der Waals surface area (Å²) in [6, 6.07) is 13.9. The summed E-state index contributed by atoms with van der Waals surface area (Å²) in [6.45, 7) is 0.471. The summed E-state index contributed by atoms with van der Waals surface area (Å²) in [5.41, 5.74) is 2.58. The summed E-state index contributed by atoms with van der Waals surface area (Å²) in [4.78, 5) is 23.8. The van der Waals surface area contributed by atoms with Crippen molar-refractivity contribution in [3.8, 4) is 11.8 Å². The zero-order valence-electron chi connectivity index (χ0n) is 14.3. The number of carbonyl (C=O) groups excluding carboxylic acids is 2. The molecule has 0 aromatic heterocycles. The first-order chi connectivity index (χ1) is 12.6. The summed E-state index contributed by atoms with van der Waals surface area (Å²) in [5, 5.41) is 11.7. The second kappa shape index (κ2) is 7.70. The third-order valence-corrected chi connectivity index (χ3v) is 4.26. The summed E-state index contributed by atoms with van der Waals surface area (Å²) in [7, 11) is 1.37. The molecule has 6 heteroatoms. The molecule has 1 N–H and O–H groups in total. The van der Waals surface area contributed by atoms with E-state index >= 15 is 0 Å². The van der Waals surface area contributed by atoms with Gasteiger partial charge in [-0.15, -0.1) is 0 Å². The van der Waals surface area contributed by atoms with Crippen molar-refractivity contribution < 1.29 is 19.1 Å². The van der Waals surface area contributed by atoms with Gasteiger partial charge in [0.15, 0.2) is 0 Å². The van der Waals surface area contributed by atoms with Crippen molar-refractivity contribution >= 4 is 17.6 Å². The Morgan fingerprint density at radius 2 is 2.04 bits per heavy atom. The van der Waals surface area contributed by atoms with Gasteiger partial charge in [0.25, 0.3) is 5.91 Å². The van der Waals surface area contributed by atoms with Crippen molar-refractivity contribution in [1.29, 1.82) is 5.26 Å². The van der Waals surface area contributed by atoms with E-state index in [2.05, 4.69) is 5.32 Å². The minimum absolute atomic E-state index is 0.0550. The number of nitriles is 1. The standard InChI is InChI=1S/C20H18N2O4/c1-25-19(23)9-14-8-16-10-17(6-7-18(16)26-12-14)22-20(24)15-4-2-13(11-21)3-5-15/h2-7,10,14H,8-9,12H2,1H3,(H,22,24). The highest BCUT2D eigenvalue weighted by molar-refractivity contribution is 6.04. The minimum Gasteiger partial charge on any atom is -0.493 e. The molecule has 26 heavy (non-hydrogen) atoms. The second-order valence-electron chi connectivity index (χ2n) is 6.13. The second-order valence-corrected chi connectivity index (χ2v) is 6.13. The van der Waals surface area contributed by atoms with Crippen LogP contribution in [0.15, 0.2) is 42.5 Å². The molecule has 1 heterocycles. The Balaban J connectivity index is 1.70. The zero-order valence-corrected chi connectivity index (χ0v) is 14.3. The third-order valence-electron chi connectivity index (χ3n) is 4.26. The fraction of sp³-hybridized carbons (Fsp3) is 0.250. The molecular weight excluding hydrogens is 332 g/mol. The summed E-state index contributed by atoms with van der Waals surface area (Å²) in [6.07, 6.45) is 0.989. The van der Waals surface area contributed by atoms with E-state index in [0.29, 0.717) is 36.3 Å². The number of methoxy groups -OCH3 is 1. The van der Waals surface area contributed by atoms with Crippen molar-refractivity contribution in [3.05, 3.63) is 59.2 Å². The molecular formula is C20H18N2O4. The van der Waals surface area contributed by atoms with E-state index in [1.54, 1.807) is 30.3 Å². The van der Waals surface area contributed by atoms with Gasteiger partial charge in [0.05, 0.1) is 31.8 Å². The molecule has 0 saturated heterocycles. The molecule has 1 amide bonds. The highest BCUT2D eigenvalue weighted by Crippen LogP contribution is 2.31. The molecule has 2 aromatic rings. The van der Waals surface area contributed by atoms with Crippen LogP contribution in [0.3, 0.4) is 0 Å². The Hall–Kier alpha value is -3.33. The molecule has 0 spiro atoms. The summed E-state index contributed by atoms with van der Waals surface area (Å²) >= 11 is 0. The van der Waals surface area contributed by atoms with Crippen LogP contribution in [0, 0.1) is 17.2 Å². The lowest BCUT2D eigenvalue weighted by Crippen LogP contribution is -2.24. The highest BCUT2D eigenvalue weighted by atomic mass is 16.5. The number of benzene rings is 2. The van der Waals surface area contributed by atoms with Gasteiger partial charge in [-0.1, -0.05) is 0 Å². The van der Waals surface area contributed by atoms with Gasteiger partial charge < -0.3 is 14.8 Å². The average Bonchev–Trinajstić information content (AvgIpc) is 2.67. The molecule has 0 saturated carbocycles. The molecule has 132 valence electrons. The van der Waals surface area contributed by atoms with Crippen molar-refractivity contribution in [2.24, 2.45) is 5.92 Å². The third kappa shape index (κ3) is 4.01. The lowest BCUT2D eigenvalue weighted by molar-refractivity contribution is -0.142. The molecule has 3 rings (SSSR count). The minimum atomic E-state index is -0.257. The van der Waals surface area contributed by atoms with Crippen LogP contribution in [0.25, 0.3) is 0 Å². The van der Waals surface area contributed by atoms with Crippen LogP contribution in [0.1, 0.15) is 27.9 Å². The molecule has 1 aliphatic heterocycles. The Bertz CT molecular complexity index is 868. The number of ether oxygens (including phenoxy) is 2. The maximum atomic E-state index is 12.3. The SMILES string of the molecule is COC(=O)CC1COc2ccc(NC(=O)c3ccc(C#N)cc3)cc2C1. The van der Waals surface area contributed by atoms with Gasteiger partial charge in [-0.05, 0) is 54.4 Å². The van der Waals surface area contributed by atoms with E-state index in [0.717, 1.165) is 11.3 Å².